The number of rotatable bonds is 3. The maximum atomic E-state index is 5.44. The summed E-state index contributed by atoms with van der Waals surface area (Å²) in [4.78, 5) is 3.29. The van der Waals surface area contributed by atoms with Crippen LogP contribution in [0.1, 0.15) is 11.1 Å². The van der Waals surface area contributed by atoms with E-state index in [1.807, 2.05) is 12.1 Å². The molecular weight excluding hydrogens is 268 g/mol. The lowest BCUT2D eigenvalue weighted by Crippen LogP contribution is -1.99. The van der Waals surface area contributed by atoms with E-state index in [1.165, 1.54) is 11.1 Å². The standard InChI is InChI=1S/C16H16N2OS/c1-11-4-3-5-14-15(11)17-16(20)18(14)10-12-6-8-13(19-2)9-7-12/h3-9H,10H2,1-2H3,(H,17,20). The van der Waals surface area contributed by atoms with Gasteiger partial charge in [-0.1, -0.05) is 24.3 Å². The van der Waals surface area contributed by atoms with Crippen LogP contribution < -0.4 is 4.74 Å². The van der Waals surface area contributed by atoms with E-state index in [-0.39, 0.29) is 0 Å². The summed E-state index contributed by atoms with van der Waals surface area (Å²) in [7, 11) is 1.67. The fourth-order valence-corrected chi connectivity index (χ4v) is 2.66. The van der Waals surface area contributed by atoms with Crippen LogP contribution >= 0.6 is 12.2 Å². The molecular formula is C16H16N2OS. The molecule has 1 heterocycles. The minimum atomic E-state index is 0.755. The number of hydrogen-bond donors (Lipinski definition) is 1. The third kappa shape index (κ3) is 2.23. The fraction of sp³-hybridized carbons (Fsp3) is 0.188. The lowest BCUT2D eigenvalue weighted by molar-refractivity contribution is 0.414. The molecule has 2 aromatic carbocycles. The van der Waals surface area contributed by atoms with Crippen molar-refractivity contribution in [1.82, 2.24) is 9.55 Å². The second-order valence-electron chi connectivity index (χ2n) is 4.83. The highest BCUT2D eigenvalue weighted by Gasteiger charge is 2.06. The molecule has 102 valence electrons. The zero-order valence-corrected chi connectivity index (χ0v) is 12.3. The molecule has 0 aliphatic carbocycles. The first-order valence-corrected chi connectivity index (χ1v) is 6.91. The quantitative estimate of drug-likeness (QED) is 0.735. The van der Waals surface area contributed by atoms with Gasteiger partial charge >= 0.3 is 0 Å². The molecule has 0 fully saturated rings. The number of ether oxygens (including phenoxy) is 1. The van der Waals surface area contributed by atoms with Crippen LogP contribution in [0.2, 0.25) is 0 Å². The highest BCUT2D eigenvalue weighted by molar-refractivity contribution is 7.71. The van der Waals surface area contributed by atoms with Crippen molar-refractivity contribution in [2.45, 2.75) is 13.5 Å². The molecule has 3 nitrogen and oxygen atoms in total. The molecule has 4 heteroatoms. The number of aryl methyl sites for hydroxylation is 1. The molecule has 3 rings (SSSR count). The van der Waals surface area contributed by atoms with E-state index >= 15 is 0 Å². The molecule has 20 heavy (non-hydrogen) atoms. The number of para-hydroxylation sites is 1. The van der Waals surface area contributed by atoms with Gasteiger partial charge in [-0.3, -0.25) is 0 Å². The van der Waals surface area contributed by atoms with Crippen LogP contribution in [-0.4, -0.2) is 16.7 Å². The Morgan fingerprint density at radius 2 is 1.90 bits per heavy atom. The number of nitrogens with zero attached hydrogens (tertiary/aromatic N) is 1. The van der Waals surface area contributed by atoms with E-state index in [0.717, 1.165) is 28.1 Å². The highest BCUT2D eigenvalue weighted by atomic mass is 32.1. The lowest BCUT2D eigenvalue weighted by Gasteiger charge is -2.06. The van der Waals surface area contributed by atoms with Crippen LogP contribution in [0.15, 0.2) is 42.5 Å². The second kappa shape index (κ2) is 5.13. The molecule has 1 N–H and O–H groups in total. The zero-order valence-electron chi connectivity index (χ0n) is 11.5. The summed E-state index contributed by atoms with van der Waals surface area (Å²) in [5.74, 6) is 0.868. The number of aromatic amines is 1. The van der Waals surface area contributed by atoms with E-state index in [9.17, 15) is 0 Å². The van der Waals surface area contributed by atoms with Gasteiger partial charge in [0, 0.05) is 0 Å². The fourth-order valence-electron chi connectivity index (χ4n) is 2.39. The number of hydrogen-bond acceptors (Lipinski definition) is 2. The van der Waals surface area contributed by atoms with Crippen LogP contribution in [0.25, 0.3) is 11.0 Å². The maximum absolute atomic E-state index is 5.44. The van der Waals surface area contributed by atoms with Crippen LogP contribution in [0.4, 0.5) is 0 Å². The third-order valence-corrected chi connectivity index (χ3v) is 3.84. The van der Waals surface area contributed by atoms with Gasteiger partial charge in [0.25, 0.3) is 0 Å². The molecule has 0 amide bonds. The van der Waals surface area contributed by atoms with Crippen molar-refractivity contribution in [3.05, 3.63) is 58.4 Å². The Hall–Kier alpha value is -2.07. The van der Waals surface area contributed by atoms with E-state index in [2.05, 4.69) is 46.8 Å². The Morgan fingerprint density at radius 1 is 1.15 bits per heavy atom. The molecule has 0 saturated carbocycles. The summed E-state index contributed by atoms with van der Waals surface area (Å²) in [6.07, 6.45) is 0. The van der Waals surface area contributed by atoms with Gasteiger partial charge in [0.2, 0.25) is 0 Å². The SMILES string of the molecule is COc1ccc(Cn2c(=S)[nH]c3c(C)cccc32)cc1. The van der Waals surface area contributed by atoms with Crippen LogP contribution in [0.5, 0.6) is 5.75 Å². The van der Waals surface area contributed by atoms with Gasteiger partial charge in [-0.15, -0.1) is 0 Å². The number of imidazole rings is 1. The van der Waals surface area contributed by atoms with E-state index in [0.29, 0.717) is 0 Å². The van der Waals surface area contributed by atoms with E-state index in [4.69, 9.17) is 17.0 Å². The van der Waals surface area contributed by atoms with Gasteiger partial charge in [0.15, 0.2) is 4.77 Å². The van der Waals surface area contributed by atoms with Gasteiger partial charge in [0.1, 0.15) is 5.75 Å². The molecule has 1 aromatic heterocycles. The Labute approximate surface area is 122 Å². The van der Waals surface area contributed by atoms with Crippen molar-refractivity contribution in [2.75, 3.05) is 7.11 Å². The van der Waals surface area contributed by atoms with E-state index in [1.54, 1.807) is 7.11 Å². The minimum absolute atomic E-state index is 0.755. The summed E-state index contributed by atoms with van der Waals surface area (Å²) in [5.41, 5.74) is 4.67. The van der Waals surface area contributed by atoms with Gasteiger partial charge in [-0.2, -0.15) is 0 Å². The average Bonchev–Trinajstić information content (AvgIpc) is 2.78. The number of nitrogens with one attached hydrogen (secondary N) is 1. The molecule has 0 aliphatic rings. The van der Waals surface area contributed by atoms with Crippen molar-refractivity contribution in [2.24, 2.45) is 0 Å². The second-order valence-corrected chi connectivity index (χ2v) is 5.22. The Kier molecular flexibility index (Phi) is 3.32. The van der Waals surface area contributed by atoms with Crippen molar-refractivity contribution in [1.29, 1.82) is 0 Å². The number of benzene rings is 2. The number of fused-ring (bicyclic) bond motifs is 1. The number of H-pyrrole nitrogens is 1. The van der Waals surface area contributed by atoms with Crippen LogP contribution in [-0.2, 0) is 6.54 Å². The normalized spacial score (nSPS) is 10.9. The Balaban J connectivity index is 2.04. The summed E-state index contributed by atoms with van der Waals surface area (Å²) >= 11 is 5.44. The summed E-state index contributed by atoms with van der Waals surface area (Å²) < 4.78 is 8.06. The summed E-state index contributed by atoms with van der Waals surface area (Å²) in [5, 5.41) is 0. The maximum Gasteiger partial charge on any atom is 0.178 e. The first kappa shape index (κ1) is 12.9. The zero-order chi connectivity index (χ0) is 14.1. The molecule has 3 aromatic rings. The Morgan fingerprint density at radius 3 is 2.60 bits per heavy atom. The van der Waals surface area contributed by atoms with Crippen molar-refractivity contribution < 1.29 is 4.74 Å². The highest BCUT2D eigenvalue weighted by Crippen LogP contribution is 2.20. The molecule has 0 bridgehead atoms. The van der Waals surface area contributed by atoms with Crippen molar-refractivity contribution in [3.8, 4) is 5.75 Å². The molecule has 0 aliphatic heterocycles. The number of methoxy groups -OCH3 is 1. The molecule has 0 atom stereocenters. The summed E-state index contributed by atoms with van der Waals surface area (Å²) in [6, 6.07) is 14.3. The van der Waals surface area contributed by atoms with Crippen molar-refractivity contribution >= 4 is 23.3 Å². The topological polar surface area (TPSA) is 29.9 Å². The third-order valence-electron chi connectivity index (χ3n) is 3.52. The van der Waals surface area contributed by atoms with Gasteiger partial charge in [-0.05, 0) is 48.5 Å². The first-order valence-electron chi connectivity index (χ1n) is 6.50. The minimum Gasteiger partial charge on any atom is -0.497 e. The van der Waals surface area contributed by atoms with Crippen LogP contribution in [0, 0.1) is 11.7 Å². The average molecular weight is 284 g/mol. The number of aromatic nitrogens is 2. The summed E-state index contributed by atoms with van der Waals surface area (Å²) in [6.45, 7) is 2.84. The largest absolute Gasteiger partial charge is 0.497 e. The Bertz CT molecular complexity index is 799. The van der Waals surface area contributed by atoms with Crippen LogP contribution in [0.3, 0.4) is 0 Å². The van der Waals surface area contributed by atoms with Gasteiger partial charge < -0.3 is 14.3 Å². The monoisotopic (exact) mass is 284 g/mol. The first-order chi connectivity index (χ1) is 9.69. The predicted octanol–water partition coefficient (Wildman–Crippen LogP) is 4.06. The van der Waals surface area contributed by atoms with Crippen molar-refractivity contribution in [3.63, 3.8) is 0 Å². The smallest absolute Gasteiger partial charge is 0.178 e. The molecule has 0 unspecified atom stereocenters. The van der Waals surface area contributed by atoms with Gasteiger partial charge in [-0.25, -0.2) is 0 Å². The van der Waals surface area contributed by atoms with E-state index < -0.39 is 0 Å². The lowest BCUT2D eigenvalue weighted by atomic mass is 10.2. The molecule has 0 radical (unpaired) electrons. The predicted molar refractivity (Wildman–Crippen MR) is 84.0 cm³/mol. The molecule has 0 saturated heterocycles. The van der Waals surface area contributed by atoms with Gasteiger partial charge in [0.05, 0.1) is 24.7 Å². The molecule has 0 spiro atoms.